The number of furan rings is 1. The van der Waals surface area contributed by atoms with Gasteiger partial charge in [0.25, 0.3) is 5.91 Å². The number of hydrogen-bond donors (Lipinski definition) is 1. The number of carbonyl (C=O) groups excluding carboxylic acids is 1. The first kappa shape index (κ1) is 13.7. The summed E-state index contributed by atoms with van der Waals surface area (Å²) in [6.45, 7) is 4.81. The van der Waals surface area contributed by atoms with Gasteiger partial charge in [-0.25, -0.2) is 0 Å². The van der Waals surface area contributed by atoms with Crippen molar-refractivity contribution in [1.29, 1.82) is 0 Å². The van der Waals surface area contributed by atoms with Crippen LogP contribution in [0.3, 0.4) is 0 Å². The van der Waals surface area contributed by atoms with E-state index in [0.29, 0.717) is 16.6 Å². The highest BCUT2D eigenvalue weighted by Gasteiger charge is 2.60. The van der Waals surface area contributed by atoms with Gasteiger partial charge in [0.15, 0.2) is 11.0 Å². The number of carbonyl (C=O) groups is 1. The van der Waals surface area contributed by atoms with E-state index in [4.69, 9.17) is 16.0 Å². The zero-order valence-corrected chi connectivity index (χ0v) is 13.4. The largest absolute Gasteiger partial charge is 0.440 e. The van der Waals surface area contributed by atoms with Crippen molar-refractivity contribution in [2.24, 2.45) is 16.7 Å². The van der Waals surface area contributed by atoms with E-state index in [1.807, 2.05) is 0 Å². The van der Waals surface area contributed by atoms with Crippen LogP contribution in [0.4, 0.5) is 0 Å². The normalized spacial score (nSPS) is 44.0. The fourth-order valence-corrected chi connectivity index (χ4v) is 6.47. The van der Waals surface area contributed by atoms with Crippen LogP contribution in [0.2, 0.25) is 5.22 Å². The van der Waals surface area contributed by atoms with Gasteiger partial charge in [-0.3, -0.25) is 4.79 Å². The third-order valence-corrected chi connectivity index (χ3v) is 6.01. The summed E-state index contributed by atoms with van der Waals surface area (Å²) in [5.41, 5.74) is 0.740. The van der Waals surface area contributed by atoms with Gasteiger partial charge >= 0.3 is 0 Å². The lowest BCUT2D eigenvalue weighted by molar-refractivity contribution is -0.114. The minimum absolute atomic E-state index is 0.0424. The summed E-state index contributed by atoms with van der Waals surface area (Å²) in [5.74, 6) is 0.971. The van der Waals surface area contributed by atoms with Crippen molar-refractivity contribution in [3.05, 3.63) is 23.1 Å². The van der Waals surface area contributed by atoms with Crippen LogP contribution >= 0.6 is 11.6 Å². The maximum atomic E-state index is 12.5. The van der Waals surface area contributed by atoms with Crippen molar-refractivity contribution in [2.45, 2.75) is 57.9 Å². The smallest absolute Gasteiger partial charge is 0.287 e. The van der Waals surface area contributed by atoms with Crippen LogP contribution in [0, 0.1) is 16.7 Å². The van der Waals surface area contributed by atoms with Gasteiger partial charge in [0, 0.05) is 5.54 Å². The molecule has 1 aromatic heterocycles. The molecular weight excluding hydrogens is 286 g/mol. The second-order valence-electron chi connectivity index (χ2n) is 8.47. The van der Waals surface area contributed by atoms with Crippen LogP contribution in [-0.4, -0.2) is 11.4 Å². The van der Waals surface area contributed by atoms with Crippen LogP contribution in [0.25, 0.3) is 0 Å². The Kier molecular flexibility index (Phi) is 2.65. The third kappa shape index (κ3) is 2.21. The van der Waals surface area contributed by atoms with Gasteiger partial charge in [-0.1, -0.05) is 13.8 Å². The first-order valence-electron chi connectivity index (χ1n) is 7.87. The van der Waals surface area contributed by atoms with Gasteiger partial charge < -0.3 is 9.73 Å². The molecule has 0 spiro atoms. The Hall–Kier alpha value is -0.960. The molecule has 4 saturated carbocycles. The van der Waals surface area contributed by atoms with Crippen molar-refractivity contribution in [3.63, 3.8) is 0 Å². The van der Waals surface area contributed by atoms with E-state index in [0.717, 1.165) is 25.2 Å². The fourth-order valence-electron chi connectivity index (χ4n) is 6.33. The Morgan fingerprint density at radius 3 is 2.38 bits per heavy atom. The zero-order valence-electron chi connectivity index (χ0n) is 12.7. The monoisotopic (exact) mass is 307 g/mol. The quantitative estimate of drug-likeness (QED) is 0.879. The van der Waals surface area contributed by atoms with E-state index < -0.39 is 0 Å². The van der Waals surface area contributed by atoms with Crippen molar-refractivity contribution >= 4 is 17.5 Å². The van der Waals surface area contributed by atoms with Crippen LogP contribution in [0.1, 0.15) is 62.9 Å². The van der Waals surface area contributed by atoms with E-state index in [2.05, 4.69) is 19.2 Å². The molecule has 4 bridgehead atoms. The maximum Gasteiger partial charge on any atom is 0.287 e. The predicted molar refractivity (Wildman–Crippen MR) is 81.3 cm³/mol. The lowest BCUT2D eigenvalue weighted by atomic mass is 9.43. The minimum atomic E-state index is -0.115. The van der Waals surface area contributed by atoms with Crippen LogP contribution in [0.5, 0.6) is 0 Å². The molecule has 21 heavy (non-hydrogen) atoms. The molecule has 4 aliphatic carbocycles. The minimum Gasteiger partial charge on any atom is -0.440 e. The van der Waals surface area contributed by atoms with Crippen LogP contribution < -0.4 is 5.32 Å². The molecule has 1 N–H and O–H groups in total. The number of amides is 1. The van der Waals surface area contributed by atoms with E-state index in [1.54, 1.807) is 12.1 Å². The summed E-state index contributed by atoms with van der Waals surface area (Å²) >= 11 is 5.78. The first-order chi connectivity index (χ1) is 9.79. The van der Waals surface area contributed by atoms with Gasteiger partial charge in [-0.05, 0) is 79.0 Å². The summed E-state index contributed by atoms with van der Waals surface area (Å²) in [7, 11) is 0. The van der Waals surface area contributed by atoms with Gasteiger partial charge in [0.2, 0.25) is 0 Å². The Balaban J connectivity index is 1.61. The molecule has 1 amide bonds. The Morgan fingerprint density at radius 2 is 1.86 bits per heavy atom. The lowest BCUT2D eigenvalue weighted by Gasteiger charge is -2.65. The van der Waals surface area contributed by atoms with Crippen LogP contribution in [0.15, 0.2) is 16.5 Å². The highest BCUT2D eigenvalue weighted by molar-refractivity contribution is 6.29. The van der Waals surface area contributed by atoms with Gasteiger partial charge in [-0.2, -0.15) is 0 Å². The van der Waals surface area contributed by atoms with E-state index in [9.17, 15) is 4.79 Å². The van der Waals surface area contributed by atoms with E-state index in [1.165, 1.54) is 19.3 Å². The number of rotatable bonds is 2. The predicted octanol–water partition coefficient (Wildman–Crippen LogP) is 4.41. The molecule has 1 aromatic rings. The van der Waals surface area contributed by atoms with Crippen molar-refractivity contribution < 1.29 is 9.21 Å². The van der Waals surface area contributed by atoms with Crippen molar-refractivity contribution in [1.82, 2.24) is 5.32 Å². The average Bonchev–Trinajstić information content (AvgIpc) is 2.70. The van der Waals surface area contributed by atoms with Gasteiger partial charge in [0.05, 0.1) is 0 Å². The Bertz CT molecular complexity index is 590. The standard InChI is InChI=1S/C17H22ClNO2/c1-15-5-11-6-16(2,8-15)10-17(7-11,9-15)19-14(20)12-3-4-13(18)21-12/h3-4,11H,5-10H2,1-2H3,(H,19,20). The maximum absolute atomic E-state index is 12.5. The molecular formula is C17H22ClNO2. The molecule has 5 rings (SSSR count). The summed E-state index contributed by atoms with van der Waals surface area (Å²) in [6.07, 6.45) is 7.29. The zero-order chi connectivity index (χ0) is 14.9. The summed E-state index contributed by atoms with van der Waals surface area (Å²) < 4.78 is 5.26. The molecule has 0 radical (unpaired) electrons. The summed E-state index contributed by atoms with van der Waals surface area (Å²) in [6, 6.07) is 3.28. The number of nitrogens with one attached hydrogen (secondary N) is 1. The van der Waals surface area contributed by atoms with E-state index >= 15 is 0 Å². The van der Waals surface area contributed by atoms with Crippen LogP contribution in [-0.2, 0) is 0 Å². The molecule has 0 aromatic carbocycles. The summed E-state index contributed by atoms with van der Waals surface area (Å²) in [4.78, 5) is 12.5. The fraction of sp³-hybridized carbons (Fsp3) is 0.706. The molecule has 2 atom stereocenters. The topological polar surface area (TPSA) is 42.2 Å². The molecule has 4 aliphatic rings. The highest BCUT2D eigenvalue weighted by Crippen LogP contribution is 2.66. The molecule has 4 fully saturated rings. The third-order valence-electron chi connectivity index (χ3n) is 5.80. The highest BCUT2D eigenvalue weighted by atomic mass is 35.5. The molecule has 3 nitrogen and oxygen atoms in total. The van der Waals surface area contributed by atoms with Gasteiger partial charge in [0.1, 0.15) is 0 Å². The SMILES string of the molecule is CC12CC3CC(C)(C1)CC(NC(=O)c1ccc(Cl)o1)(C3)C2. The molecule has 0 saturated heterocycles. The van der Waals surface area contributed by atoms with Crippen molar-refractivity contribution in [2.75, 3.05) is 0 Å². The molecule has 114 valence electrons. The second-order valence-corrected chi connectivity index (χ2v) is 8.84. The van der Waals surface area contributed by atoms with Gasteiger partial charge in [-0.15, -0.1) is 0 Å². The van der Waals surface area contributed by atoms with E-state index in [-0.39, 0.29) is 16.7 Å². The lowest BCUT2D eigenvalue weighted by Crippen LogP contribution is -2.65. The summed E-state index contributed by atoms with van der Waals surface area (Å²) in [5, 5.41) is 3.58. The molecule has 2 unspecified atom stereocenters. The Morgan fingerprint density at radius 1 is 1.19 bits per heavy atom. The average molecular weight is 308 g/mol. The number of hydrogen-bond acceptors (Lipinski definition) is 2. The second kappa shape index (κ2) is 4.07. The first-order valence-corrected chi connectivity index (χ1v) is 8.25. The number of halogens is 1. The van der Waals surface area contributed by atoms with Crippen molar-refractivity contribution in [3.8, 4) is 0 Å². The molecule has 4 heteroatoms. The Labute approximate surface area is 130 Å². The molecule has 1 heterocycles. The molecule has 0 aliphatic heterocycles.